The molecule has 23 heavy (non-hydrogen) atoms. The van der Waals surface area contributed by atoms with Gasteiger partial charge in [0.15, 0.2) is 0 Å². The SMILES string of the molecule is O=C(NCc1cccc(Br)c1OC(F)F)OCc1ccccc1. The molecule has 2 aromatic rings. The van der Waals surface area contributed by atoms with E-state index in [1.165, 1.54) is 0 Å². The molecule has 0 aliphatic heterocycles. The number of alkyl carbamates (subject to hydrolysis) is 1. The molecule has 0 heterocycles. The first kappa shape index (κ1) is 17.2. The van der Waals surface area contributed by atoms with Gasteiger partial charge in [-0.1, -0.05) is 42.5 Å². The molecule has 4 nitrogen and oxygen atoms in total. The third-order valence-corrected chi connectivity index (χ3v) is 3.52. The summed E-state index contributed by atoms with van der Waals surface area (Å²) in [5, 5.41) is 2.50. The van der Waals surface area contributed by atoms with Crippen LogP contribution >= 0.6 is 15.9 Å². The lowest BCUT2D eigenvalue weighted by atomic mass is 10.2. The van der Waals surface area contributed by atoms with Crippen LogP contribution in [-0.2, 0) is 17.9 Å². The topological polar surface area (TPSA) is 47.6 Å². The Morgan fingerprint density at radius 2 is 1.87 bits per heavy atom. The number of carbonyl (C=O) groups is 1. The van der Waals surface area contributed by atoms with Gasteiger partial charge >= 0.3 is 12.7 Å². The van der Waals surface area contributed by atoms with Crippen LogP contribution in [0.15, 0.2) is 53.0 Å². The second kappa shape index (κ2) is 8.47. The standard InChI is InChI=1S/C16H14BrF2NO3/c17-13-8-4-7-12(14(13)23-15(18)19)9-20-16(21)22-10-11-5-2-1-3-6-11/h1-8,15H,9-10H2,(H,20,21). The summed E-state index contributed by atoms with van der Waals surface area (Å²) in [4.78, 5) is 11.7. The van der Waals surface area contributed by atoms with E-state index in [1.807, 2.05) is 30.3 Å². The predicted molar refractivity (Wildman–Crippen MR) is 84.2 cm³/mol. The molecular formula is C16H14BrF2NO3. The summed E-state index contributed by atoms with van der Waals surface area (Å²) in [6, 6.07) is 14.0. The molecule has 0 aliphatic rings. The van der Waals surface area contributed by atoms with Gasteiger partial charge in [0.05, 0.1) is 4.47 Å². The minimum absolute atomic E-state index is 0.00846. The van der Waals surface area contributed by atoms with Crippen molar-refractivity contribution in [2.24, 2.45) is 0 Å². The Labute approximate surface area is 140 Å². The van der Waals surface area contributed by atoms with E-state index in [1.54, 1.807) is 18.2 Å². The number of benzene rings is 2. The molecule has 0 spiro atoms. The van der Waals surface area contributed by atoms with Crippen LogP contribution in [0.25, 0.3) is 0 Å². The zero-order chi connectivity index (χ0) is 16.7. The molecule has 0 saturated carbocycles. The summed E-state index contributed by atoms with van der Waals surface area (Å²) in [6.07, 6.45) is -0.642. The van der Waals surface area contributed by atoms with Gasteiger partial charge in [0.1, 0.15) is 12.4 Å². The Balaban J connectivity index is 1.90. The Morgan fingerprint density at radius 3 is 2.57 bits per heavy atom. The number of nitrogens with one attached hydrogen (secondary N) is 1. The number of hydrogen-bond acceptors (Lipinski definition) is 3. The number of halogens is 3. The van der Waals surface area contributed by atoms with Crippen molar-refractivity contribution in [3.05, 3.63) is 64.1 Å². The van der Waals surface area contributed by atoms with Crippen molar-refractivity contribution < 1.29 is 23.0 Å². The van der Waals surface area contributed by atoms with Crippen LogP contribution < -0.4 is 10.1 Å². The number of carbonyl (C=O) groups excluding carboxylic acids is 1. The van der Waals surface area contributed by atoms with E-state index in [0.29, 0.717) is 10.0 Å². The molecule has 0 saturated heterocycles. The molecule has 1 N–H and O–H groups in total. The Kier molecular flexibility index (Phi) is 6.34. The van der Waals surface area contributed by atoms with Crippen LogP contribution in [-0.4, -0.2) is 12.7 Å². The van der Waals surface area contributed by atoms with E-state index in [4.69, 9.17) is 4.74 Å². The summed E-state index contributed by atoms with van der Waals surface area (Å²) >= 11 is 3.14. The normalized spacial score (nSPS) is 10.4. The van der Waals surface area contributed by atoms with Gasteiger partial charge in [-0.25, -0.2) is 4.79 Å². The minimum Gasteiger partial charge on any atom is -0.445 e. The van der Waals surface area contributed by atoms with Crippen LogP contribution in [0.1, 0.15) is 11.1 Å². The fourth-order valence-corrected chi connectivity index (χ4v) is 2.36. The number of amides is 1. The average molecular weight is 386 g/mol. The first-order chi connectivity index (χ1) is 11.1. The summed E-state index contributed by atoms with van der Waals surface area (Å²) in [7, 11) is 0. The molecule has 0 radical (unpaired) electrons. The quantitative estimate of drug-likeness (QED) is 0.797. The zero-order valence-corrected chi connectivity index (χ0v) is 13.6. The van der Waals surface area contributed by atoms with Gasteiger partial charge in [-0.2, -0.15) is 8.78 Å². The summed E-state index contributed by atoms with van der Waals surface area (Å²) in [5.74, 6) is -0.00846. The fourth-order valence-electron chi connectivity index (χ4n) is 1.86. The van der Waals surface area contributed by atoms with Gasteiger partial charge in [-0.05, 0) is 27.6 Å². The fraction of sp³-hybridized carbons (Fsp3) is 0.188. The van der Waals surface area contributed by atoms with Gasteiger partial charge < -0.3 is 14.8 Å². The van der Waals surface area contributed by atoms with Gasteiger partial charge in [-0.3, -0.25) is 0 Å². The summed E-state index contributed by atoms with van der Waals surface area (Å²) in [6.45, 7) is -2.81. The van der Waals surface area contributed by atoms with Crippen LogP contribution in [0.5, 0.6) is 5.75 Å². The number of hydrogen-bond donors (Lipinski definition) is 1. The molecule has 1 amide bonds. The largest absolute Gasteiger partial charge is 0.445 e. The Hall–Kier alpha value is -2.15. The molecule has 0 aliphatic carbocycles. The van der Waals surface area contributed by atoms with Crippen molar-refractivity contribution in [1.29, 1.82) is 0 Å². The zero-order valence-electron chi connectivity index (χ0n) is 12.0. The average Bonchev–Trinajstić information content (AvgIpc) is 2.54. The molecule has 0 bridgehead atoms. The Bertz CT molecular complexity index is 653. The van der Waals surface area contributed by atoms with E-state index in [9.17, 15) is 13.6 Å². The molecule has 0 unspecified atom stereocenters. The van der Waals surface area contributed by atoms with Gasteiger partial charge in [-0.15, -0.1) is 0 Å². The highest BCUT2D eigenvalue weighted by molar-refractivity contribution is 9.10. The van der Waals surface area contributed by atoms with E-state index in [0.717, 1.165) is 5.56 Å². The molecule has 122 valence electrons. The van der Waals surface area contributed by atoms with Crippen molar-refractivity contribution in [3.63, 3.8) is 0 Å². The third-order valence-electron chi connectivity index (χ3n) is 2.89. The van der Waals surface area contributed by atoms with Crippen molar-refractivity contribution in [2.45, 2.75) is 19.8 Å². The van der Waals surface area contributed by atoms with Crippen LogP contribution in [0.2, 0.25) is 0 Å². The Morgan fingerprint density at radius 1 is 1.13 bits per heavy atom. The van der Waals surface area contributed by atoms with Crippen molar-refractivity contribution in [3.8, 4) is 5.75 Å². The summed E-state index contributed by atoms with van der Waals surface area (Å²) < 4.78 is 34.8. The molecular weight excluding hydrogens is 372 g/mol. The highest BCUT2D eigenvalue weighted by Gasteiger charge is 2.14. The first-order valence-corrected chi connectivity index (χ1v) is 7.52. The second-order valence-corrected chi connectivity index (χ2v) is 5.38. The number of ether oxygens (including phenoxy) is 2. The second-order valence-electron chi connectivity index (χ2n) is 4.52. The molecule has 0 atom stereocenters. The van der Waals surface area contributed by atoms with Crippen LogP contribution in [0.3, 0.4) is 0 Å². The molecule has 0 aromatic heterocycles. The van der Waals surface area contributed by atoms with Crippen molar-refractivity contribution >= 4 is 22.0 Å². The maximum Gasteiger partial charge on any atom is 0.407 e. The molecule has 0 fully saturated rings. The van der Waals surface area contributed by atoms with Crippen molar-refractivity contribution in [1.82, 2.24) is 5.32 Å². The number of alkyl halides is 2. The maximum atomic E-state index is 12.4. The van der Waals surface area contributed by atoms with Gasteiger partial charge in [0.2, 0.25) is 0 Å². The molecule has 7 heteroatoms. The minimum atomic E-state index is -2.95. The lowest BCUT2D eigenvalue weighted by Gasteiger charge is -2.13. The third kappa shape index (κ3) is 5.52. The monoisotopic (exact) mass is 385 g/mol. The van der Waals surface area contributed by atoms with Crippen LogP contribution in [0.4, 0.5) is 13.6 Å². The van der Waals surface area contributed by atoms with Gasteiger partial charge in [0.25, 0.3) is 0 Å². The van der Waals surface area contributed by atoms with Crippen LogP contribution in [0, 0.1) is 0 Å². The molecule has 2 rings (SSSR count). The first-order valence-electron chi connectivity index (χ1n) is 6.73. The maximum absolute atomic E-state index is 12.4. The number of rotatable bonds is 6. The smallest absolute Gasteiger partial charge is 0.407 e. The van der Waals surface area contributed by atoms with Gasteiger partial charge in [0, 0.05) is 12.1 Å². The molecule has 2 aromatic carbocycles. The lowest BCUT2D eigenvalue weighted by Crippen LogP contribution is -2.24. The van der Waals surface area contributed by atoms with E-state index >= 15 is 0 Å². The number of para-hydroxylation sites is 1. The highest BCUT2D eigenvalue weighted by atomic mass is 79.9. The summed E-state index contributed by atoms with van der Waals surface area (Å²) in [5.41, 5.74) is 1.27. The van der Waals surface area contributed by atoms with E-state index in [2.05, 4.69) is 26.0 Å². The van der Waals surface area contributed by atoms with Crippen molar-refractivity contribution in [2.75, 3.05) is 0 Å². The van der Waals surface area contributed by atoms with E-state index in [-0.39, 0.29) is 18.9 Å². The lowest BCUT2D eigenvalue weighted by molar-refractivity contribution is -0.0509. The predicted octanol–water partition coefficient (Wildman–Crippen LogP) is 4.48. The van der Waals surface area contributed by atoms with E-state index < -0.39 is 12.7 Å². The highest BCUT2D eigenvalue weighted by Crippen LogP contribution is 2.30.